The lowest BCUT2D eigenvalue weighted by Crippen LogP contribution is -2.67. The van der Waals surface area contributed by atoms with E-state index in [-0.39, 0.29) is 13.2 Å². The minimum Gasteiger partial charge on any atom is -0.443 e. The maximum atomic E-state index is 12.1. The fourth-order valence-electron chi connectivity index (χ4n) is 2.20. The summed E-state index contributed by atoms with van der Waals surface area (Å²) in [5, 5.41) is 31.9. The van der Waals surface area contributed by atoms with Crippen LogP contribution in [0.1, 0.15) is 27.7 Å². The molecule has 1 aliphatic rings. The van der Waals surface area contributed by atoms with Crippen molar-refractivity contribution in [3.63, 3.8) is 0 Å². The van der Waals surface area contributed by atoms with E-state index in [0.29, 0.717) is 0 Å². The highest BCUT2D eigenvalue weighted by Gasteiger charge is 2.43. The number of aliphatic hydroxyl groups is 3. The Labute approximate surface area is 123 Å². The first-order chi connectivity index (χ1) is 9.58. The number of rotatable bonds is 2. The number of carbonyl (C=O) groups is 2. The van der Waals surface area contributed by atoms with E-state index < -0.39 is 41.9 Å². The van der Waals surface area contributed by atoms with Gasteiger partial charge in [0, 0.05) is 13.5 Å². The molecule has 0 radical (unpaired) electrons. The molecule has 1 unspecified atom stereocenters. The molecular weight excluding hydrogens is 280 g/mol. The van der Waals surface area contributed by atoms with Crippen molar-refractivity contribution in [1.29, 1.82) is 0 Å². The Balaban J connectivity index is 2.91. The largest absolute Gasteiger partial charge is 0.443 e. The quantitative estimate of drug-likeness (QED) is 0.507. The topological polar surface area (TPSA) is 119 Å². The number of aliphatic hydroxyl groups excluding tert-OH is 3. The first kappa shape index (κ1) is 17.8. The minimum absolute atomic E-state index is 0.0578. The molecule has 0 aromatic heterocycles. The number of carbonyl (C=O) groups excluding carboxylic acids is 2. The Morgan fingerprint density at radius 3 is 2.29 bits per heavy atom. The molecule has 0 saturated carbocycles. The molecule has 4 N–H and O–H groups in total. The van der Waals surface area contributed by atoms with Crippen LogP contribution in [0.2, 0.25) is 0 Å². The highest BCUT2D eigenvalue weighted by atomic mass is 16.6. The van der Waals surface area contributed by atoms with E-state index in [1.807, 2.05) is 0 Å². The molecule has 1 rings (SSSR count). The van der Waals surface area contributed by atoms with Crippen LogP contribution in [0, 0.1) is 0 Å². The molecule has 1 heterocycles. The molecule has 1 aliphatic heterocycles. The van der Waals surface area contributed by atoms with Crippen molar-refractivity contribution in [2.24, 2.45) is 0 Å². The number of nitrogens with one attached hydrogen (secondary N) is 1. The van der Waals surface area contributed by atoms with Crippen LogP contribution in [-0.2, 0) is 9.53 Å². The summed E-state index contributed by atoms with van der Waals surface area (Å²) in [5.74, 6) is -0.593. The van der Waals surface area contributed by atoms with E-state index in [2.05, 4.69) is 5.32 Å². The lowest BCUT2D eigenvalue weighted by molar-refractivity contribution is -0.138. The predicted octanol–water partition coefficient (Wildman–Crippen LogP) is -1.18. The first-order valence-electron chi connectivity index (χ1n) is 6.81. The molecule has 8 nitrogen and oxygen atoms in total. The summed E-state index contributed by atoms with van der Waals surface area (Å²) < 4.78 is 5.15. The maximum Gasteiger partial charge on any atom is 0.417 e. The molecule has 1 fully saturated rings. The third-order valence-electron chi connectivity index (χ3n) is 3.20. The maximum absolute atomic E-state index is 12.1. The van der Waals surface area contributed by atoms with E-state index in [9.17, 15) is 19.8 Å². The lowest BCUT2D eigenvalue weighted by Gasteiger charge is -2.42. The van der Waals surface area contributed by atoms with E-state index >= 15 is 0 Å². The van der Waals surface area contributed by atoms with Gasteiger partial charge in [0.1, 0.15) is 11.7 Å². The van der Waals surface area contributed by atoms with Gasteiger partial charge < -0.3 is 25.4 Å². The average Bonchev–Trinajstić information content (AvgIpc) is 2.32. The summed E-state index contributed by atoms with van der Waals surface area (Å²) in [6.45, 7) is 5.86. The van der Waals surface area contributed by atoms with Gasteiger partial charge in [-0.25, -0.2) is 9.69 Å². The number of hydrogen-bond acceptors (Lipinski definition) is 7. The van der Waals surface area contributed by atoms with Crippen LogP contribution in [0.15, 0.2) is 0 Å². The van der Waals surface area contributed by atoms with E-state index in [1.165, 1.54) is 6.92 Å². The Morgan fingerprint density at radius 2 is 1.86 bits per heavy atom. The third-order valence-corrected chi connectivity index (χ3v) is 3.20. The standard InChI is InChI=1S/C13H24N2O6/c1-7(17)15(12(20)21-13(2,3)4)9-5-14-8(6-16)10(18)11(9)19/h8-11,14,16,18-19H,5-6H2,1-4H3/t8?,9-,10-,11+/m0/s1. The molecule has 2 amide bonds. The number of hydrogen-bond donors (Lipinski definition) is 4. The second-order valence-corrected chi connectivity index (χ2v) is 6.12. The van der Waals surface area contributed by atoms with Crippen molar-refractivity contribution in [2.75, 3.05) is 13.2 Å². The summed E-state index contributed by atoms with van der Waals surface area (Å²) in [5.41, 5.74) is -0.788. The van der Waals surface area contributed by atoms with Crippen molar-refractivity contribution in [2.45, 2.75) is 57.6 Å². The van der Waals surface area contributed by atoms with Crippen LogP contribution in [-0.4, -0.2) is 75.3 Å². The van der Waals surface area contributed by atoms with Gasteiger partial charge in [0.05, 0.1) is 24.8 Å². The van der Waals surface area contributed by atoms with Crippen LogP contribution >= 0.6 is 0 Å². The van der Waals surface area contributed by atoms with Crippen LogP contribution in [0.5, 0.6) is 0 Å². The highest BCUT2D eigenvalue weighted by molar-refractivity contribution is 5.91. The van der Waals surface area contributed by atoms with Gasteiger partial charge >= 0.3 is 6.09 Å². The number of imide groups is 1. The van der Waals surface area contributed by atoms with Gasteiger partial charge in [-0.05, 0) is 20.8 Å². The van der Waals surface area contributed by atoms with Crippen molar-refractivity contribution < 1.29 is 29.6 Å². The normalized spacial score (nSPS) is 29.9. The number of nitrogens with zero attached hydrogens (tertiary/aromatic N) is 1. The zero-order chi connectivity index (χ0) is 16.4. The average molecular weight is 304 g/mol. The molecule has 4 atom stereocenters. The van der Waals surface area contributed by atoms with E-state index in [1.54, 1.807) is 20.8 Å². The Bertz CT molecular complexity index is 395. The number of piperidine rings is 1. The highest BCUT2D eigenvalue weighted by Crippen LogP contribution is 2.19. The molecule has 0 aliphatic carbocycles. The van der Waals surface area contributed by atoms with E-state index in [4.69, 9.17) is 9.84 Å². The minimum atomic E-state index is -1.36. The molecular formula is C13H24N2O6. The second kappa shape index (κ2) is 6.69. The Hall–Kier alpha value is -1.22. The Morgan fingerprint density at radius 1 is 1.29 bits per heavy atom. The molecule has 0 bridgehead atoms. The molecule has 1 saturated heterocycles. The molecule has 21 heavy (non-hydrogen) atoms. The van der Waals surface area contributed by atoms with Gasteiger partial charge in [-0.1, -0.05) is 0 Å². The predicted molar refractivity (Wildman–Crippen MR) is 73.4 cm³/mol. The zero-order valence-electron chi connectivity index (χ0n) is 12.7. The van der Waals surface area contributed by atoms with Crippen molar-refractivity contribution >= 4 is 12.0 Å². The van der Waals surface area contributed by atoms with Gasteiger partial charge in [-0.15, -0.1) is 0 Å². The number of amides is 2. The van der Waals surface area contributed by atoms with Gasteiger partial charge in [-0.2, -0.15) is 0 Å². The summed E-state index contributed by atoms with van der Waals surface area (Å²) >= 11 is 0. The van der Waals surface area contributed by atoms with Gasteiger partial charge in [0.15, 0.2) is 0 Å². The van der Waals surface area contributed by atoms with Crippen LogP contribution in [0.4, 0.5) is 4.79 Å². The van der Waals surface area contributed by atoms with Crippen LogP contribution in [0.25, 0.3) is 0 Å². The summed E-state index contributed by atoms with van der Waals surface area (Å²) in [6, 6.07) is -1.67. The van der Waals surface area contributed by atoms with Gasteiger partial charge in [0.25, 0.3) is 0 Å². The van der Waals surface area contributed by atoms with Crippen molar-refractivity contribution in [3.05, 3.63) is 0 Å². The molecule has 0 aromatic rings. The fraction of sp³-hybridized carbons (Fsp3) is 0.846. The third kappa shape index (κ3) is 4.37. The second-order valence-electron chi connectivity index (χ2n) is 6.12. The van der Waals surface area contributed by atoms with Crippen molar-refractivity contribution in [3.8, 4) is 0 Å². The fourth-order valence-corrected chi connectivity index (χ4v) is 2.20. The smallest absolute Gasteiger partial charge is 0.417 e. The summed E-state index contributed by atoms with van der Waals surface area (Å²) in [6.07, 6.45) is -3.53. The monoisotopic (exact) mass is 304 g/mol. The zero-order valence-corrected chi connectivity index (χ0v) is 12.7. The van der Waals surface area contributed by atoms with Gasteiger partial charge in [0.2, 0.25) is 5.91 Å². The number of ether oxygens (including phenoxy) is 1. The van der Waals surface area contributed by atoms with Gasteiger partial charge in [-0.3, -0.25) is 4.79 Å². The molecule has 0 spiro atoms. The molecule has 8 heteroatoms. The van der Waals surface area contributed by atoms with E-state index in [0.717, 1.165) is 4.90 Å². The van der Waals surface area contributed by atoms with Crippen molar-refractivity contribution in [1.82, 2.24) is 10.2 Å². The SMILES string of the molecule is CC(=O)N(C(=O)OC(C)(C)C)[C@H]1CNC(CO)[C@H](O)[C@@H]1O. The van der Waals surface area contributed by atoms with Crippen LogP contribution < -0.4 is 5.32 Å². The molecule has 0 aromatic carbocycles. The first-order valence-corrected chi connectivity index (χ1v) is 6.81. The summed E-state index contributed by atoms with van der Waals surface area (Å²) in [7, 11) is 0. The summed E-state index contributed by atoms with van der Waals surface area (Å²) in [4.78, 5) is 24.6. The molecule has 122 valence electrons. The Kier molecular flexibility index (Phi) is 5.68. The lowest BCUT2D eigenvalue weighted by atomic mass is 9.93. The van der Waals surface area contributed by atoms with Crippen LogP contribution in [0.3, 0.4) is 0 Å².